The molecule has 0 amide bonds. The van der Waals surface area contributed by atoms with Crippen molar-refractivity contribution in [1.29, 1.82) is 0 Å². The van der Waals surface area contributed by atoms with Gasteiger partial charge in [-0.05, 0) is 32.1 Å². The van der Waals surface area contributed by atoms with Crippen LogP contribution in [0, 0.1) is 0 Å². The van der Waals surface area contributed by atoms with Crippen molar-refractivity contribution in [3.8, 4) is 0 Å². The van der Waals surface area contributed by atoms with Gasteiger partial charge in [0.2, 0.25) is 0 Å². The van der Waals surface area contributed by atoms with Gasteiger partial charge in [0.15, 0.2) is 0 Å². The van der Waals surface area contributed by atoms with E-state index >= 15 is 0 Å². The molecule has 0 heterocycles. The summed E-state index contributed by atoms with van der Waals surface area (Å²) in [5.41, 5.74) is 0. The fraction of sp³-hybridized carbons (Fsp3) is 1.00. The van der Waals surface area contributed by atoms with Crippen molar-refractivity contribution in [3.05, 3.63) is 0 Å². The molecule has 1 saturated carbocycles. The van der Waals surface area contributed by atoms with Crippen molar-refractivity contribution < 1.29 is 4.74 Å². The quantitative estimate of drug-likeness (QED) is 0.677. The van der Waals surface area contributed by atoms with Gasteiger partial charge in [-0.3, -0.25) is 0 Å². The van der Waals surface area contributed by atoms with Gasteiger partial charge in [0.1, 0.15) is 0 Å². The standard InChI is InChI=1S/C11H23NOS/c1-4-14-11-6-5-10(9-11)12(2)7-8-13-3/h10-11H,4-9H2,1-3H3. The number of nitrogens with zero attached hydrogens (tertiary/aromatic N) is 1. The minimum Gasteiger partial charge on any atom is -0.383 e. The molecule has 0 aromatic heterocycles. The fourth-order valence-corrected chi connectivity index (χ4v) is 3.26. The van der Waals surface area contributed by atoms with Gasteiger partial charge in [0, 0.05) is 24.9 Å². The Kier molecular flexibility index (Phi) is 5.90. The lowest BCUT2D eigenvalue weighted by atomic mass is 10.2. The van der Waals surface area contributed by atoms with Crippen LogP contribution < -0.4 is 0 Å². The van der Waals surface area contributed by atoms with Crippen LogP contribution in [0.3, 0.4) is 0 Å². The van der Waals surface area contributed by atoms with E-state index in [1.807, 2.05) is 0 Å². The number of hydrogen-bond acceptors (Lipinski definition) is 3. The third-order valence-electron chi connectivity index (χ3n) is 3.03. The lowest BCUT2D eigenvalue weighted by Gasteiger charge is -2.23. The zero-order valence-electron chi connectivity index (χ0n) is 9.66. The van der Waals surface area contributed by atoms with E-state index in [9.17, 15) is 0 Å². The second kappa shape index (κ2) is 6.70. The van der Waals surface area contributed by atoms with Crippen molar-refractivity contribution >= 4 is 11.8 Å². The van der Waals surface area contributed by atoms with E-state index in [-0.39, 0.29) is 0 Å². The Bertz CT molecular complexity index is 154. The van der Waals surface area contributed by atoms with E-state index in [1.54, 1.807) is 7.11 Å². The van der Waals surface area contributed by atoms with Crippen LogP contribution in [0.25, 0.3) is 0 Å². The molecule has 2 atom stereocenters. The number of ether oxygens (including phenoxy) is 1. The third-order valence-corrected chi connectivity index (χ3v) is 4.26. The molecule has 0 saturated heterocycles. The Morgan fingerprint density at radius 1 is 1.43 bits per heavy atom. The van der Waals surface area contributed by atoms with Crippen LogP contribution in [0.2, 0.25) is 0 Å². The summed E-state index contributed by atoms with van der Waals surface area (Å²) in [7, 11) is 4.00. The summed E-state index contributed by atoms with van der Waals surface area (Å²) in [6.45, 7) is 4.19. The highest BCUT2D eigenvalue weighted by Gasteiger charge is 2.26. The summed E-state index contributed by atoms with van der Waals surface area (Å²) < 4.78 is 5.10. The first kappa shape index (κ1) is 12.3. The highest BCUT2D eigenvalue weighted by Crippen LogP contribution is 2.31. The van der Waals surface area contributed by atoms with Crippen LogP contribution in [0.5, 0.6) is 0 Å². The molecular weight excluding hydrogens is 194 g/mol. The van der Waals surface area contributed by atoms with E-state index in [2.05, 4.69) is 30.6 Å². The van der Waals surface area contributed by atoms with E-state index in [0.717, 1.165) is 24.4 Å². The van der Waals surface area contributed by atoms with Crippen LogP contribution in [-0.4, -0.2) is 49.3 Å². The maximum absolute atomic E-state index is 5.10. The molecule has 0 N–H and O–H groups in total. The van der Waals surface area contributed by atoms with E-state index in [1.165, 1.54) is 25.0 Å². The van der Waals surface area contributed by atoms with Crippen molar-refractivity contribution in [2.24, 2.45) is 0 Å². The SMILES string of the molecule is CCSC1CCC(N(C)CCOC)C1. The molecule has 1 fully saturated rings. The number of likely N-dealkylation sites (N-methyl/N-ethyl adjacent to an activating group) is 1. The van der Waals surface area contributed by atoms with Crippen LogP contribution in [0.4, 0.5) is 0 Å². The van der Waals surface area contributed by atoms with Crippen LogP contribution in [-0.2, 0) is 4.74 Å². The van der Waals surface area contributed by atoms with Gasteiger partial charge in [-0.2, -0.15) is 11.8 Å². The summed E-state index contributed by atoms with van der Waals surface area (Å²) in [6, 6.07) is 0.800. The average Bonchev–Trinajstić information content (AvgIpc) is 2.63. The first-order chi connectivity index (χ1) is 6.77. The molecule has 0 aromatic carbocycles. The second-order valence-corrected chi connectivity index (χ2v) is 5.59. The van der Waals surface area contributed by atoms with Gasteiger partial charge in [-0.25, -0.2) is 0 Å². The lowest BCUT2D eigenvalue weighted by Crippen LogP contribution is -2.32. The Hall–Kier alpha value is 0.270. The molecule has 84 valence electrons. The van der Waals surface area contributed by atoms with Crippen molar-refractivity contribution in [2.45, 2.75) is 37.5 Å². The fourth-order valence-electron chi connectivity index (χ4n) is 2.12. The Labute approximate surface area is 92.4 Å². The maximum atomic E-state index is 5.10. The second-order valence-electron chi connectivity index (χ2n) is 4.02. The van der Waals surface area contributed by atoms with Crippen LogP contribution >= 0.6 is 11.8 Å². The highest BCUT2D eigenvalue weighted by atomic mass is 32.2. The van der Waals surface area contributed by atoms with Gasteiger partial charge >= 0.3 is 0 Å². The zero-order chi connectivity index (χ0) is 10.4. The summed E-state index contributed by atoms with van der Waals surface area (Å²) in [5.74, 6) is 1.26. The Balaban J connectivity index is 2.19. The summed E-state index contributed by atoms with van der Waals surface area (Å²) in [4.78, 5) is 2.46. The minimum atomic E-state index is 0.800. The average molecular weight is 217 g/mol. The maximum Gasteiger partial charge on any atom is 0.0589 e. The molecule has 14 heavy (non-hydrogen) atoms. The van der Waals surface area contributed by atoms with Crippen molar-refractivity contribution in [3.63, 3.8) is 0 Å². The molecule has 0 spiro atoms. The monoisotopic (exact) mass is 217 g/mol. The molecule has 1 rings (SSSR count). The Morgan fingerprint density at radius 2 is 2.21 bits per heavy atom. The normalized spacial score (nSPS) is 27.4. The molecule has 0 aliphatic heterocycles. The molecule has 1 aliphatic carbocycles. The topological polar surface area (TPSA) is 12.5 Å². The molecule has 3 heteroatoms. The molecule has 0 bridgehead atoms. The van der Waals surface area contributed by atoms with Gasteiger partial charge in [0.25, 0.3) is 0 Å². The molecule has 0 radical (unpaired) electrons. The molecule has 0 aromatic rings. The molecule has 1 aliphatic rings. The van der Waals surface area contributed by atoms with Gasteiger partial charge in [-0.1, -0.05) is 6.92 Å². The van der Waals surface area contributed by atoms with Gasteiger partial charge in [-0.15, -0.1) is 0 Å². The summed E-state index contributed by atoms with van der Waals surface area (Å²) >= 11 is 2.13. The number of hydrogen-bond donors (Lipinski definition) is 0. The zero-order valence-corrected chi connectivity index (χ0v) is 10.5. The number of thioether (sulfide) groups is 1. The largest absolute Gasteiger partial charge is 0.383 e. The first-order valence-corrected chi connectivity index (χ1v) is 6.63. The molecule has 2 unspecified atom stereocenters. The predicted molar refractivity (Wildman–Crippen MR) is 64.1 cm³/mol. The number of methoxy groups -OCH3 is 1. The van der Waals surface area contributed by atoms with Gasteiger partial charge in [0.05, 0.1) is 6.61 Å². The van der Waals surface area contributed by atoms with E-state index in [0.29, 0.717) is 0 Å². The summed E-state index contributed by atoms with van der Waals surface area (Å²) in [5, 5.41) is 0.912. The van der Waals surface area contributed by atoms with E-state index < -0.39 is 0 Å². The first-order valence-electron chi connectivity index (χ1n) is 5.58. The van der Waals surface area contributed by atoms with Crippen LogP contribution in [0.1, 0.15) is 26.2 Å². The third kappa shape index (κ3) is 3.79. The Morgan fingerprint density at radius 3 is 2.86 bits per heavy atom. The molecular formula is C11H23NOS. The van der Waals surface area contributed by atoms with Gasteiger partial charge < -0.3 is 9.64 Å². The smallest absolute Gasteiger partial charge is 0.0589 e. The number of rotatable bonds is 6. The lowest BCUT2D eigenvalue weighted by molar-refractivity contribution is 0.140. The van der Waals surface area contributed by atoms with Crippen LogP contribution in [0.15, 0.2) is 0 Å². The summed E-state index contributed by atoms with van der Waals surface area (Å²) in [6.07, 6.45) is 4.15. The minimum absolute atomic E-state index is 0.800. The van der Waals surface area contributed by atoms with Crippen molar-refractivity contribution in [1.82, 2.24) is 4.90 Å². The predicted octanol–water partition coefficient (Wildman–Crippen LogP) is 2.24. The highest BCUT2D eigenvalue weighted by molar-refractivity contribution is 7.99. The van der Waals surface area contributed by atoms with E-state index in [4.69, 9.17) is 4.74 Å². The molecule has 2 nitrogen and oxygen atoms in total. The van der Waals surface area contributed by atoms with Crippen molar-refractivity contribution in [2.75, 3.05) is 33.1 Å².